The van der Waals surface area contributed by atoms with Crippen LogP contribution in [0.3, 0.4) is 0 Å². The fourth-order valence-electron chi connectivity index (χ4n) is 2.36. The first-order valence-electron chi connectivity index (χ1n) is 6.20. The first-order valence-corrected chi connectivity index (χ1v) is 6.20. The van der Waals surface area contributed by atoms with Gasteiger partial charge in [0.15, 0.2) is 0 Å². The number of fused-ring (bicyclic) bond motifs is 2. The lowest BCUT2D eigenvalue weighted by Crippen LogP contribution is -1.96. The van der Waals surface area contributed by atoms with E-state index < -0.39 is 0 Å². The van der Waals surface area contributed by atoms with Crippen molar-refractivity contribution in [3.8, 4) is 0 Å². The predicted octanol–water partition coefficient (Wildman–Crippen LogP) is 0.977. The van der Waals surface area contributed by atoms with E-state index in [0.29, 0.717) is 0 Å². The first kappa shape index (κ1) is 10.4. The van der Waals surface area contributed by atoms with E-state index in [9.17, 15) is 0 Å². The van der Waals surface area contributed by atoms with Gasteiger partial charge < -0.3 is 0 Å². The average molecular weight is 232 g/mol. The summed E-state index contributed by atoms with van der Waals surface area (Å²) in [5, 5.41) is 22.4. The van der Waals surface area contributed by atoms with E-state index in [0.717, 1.165) is 67.7 Å². The first-order chi connectivity index (χ1) is 8.43. The molecule has 2 aromatic heterocycles. The van der Waals surface area contributed by atoms with Gasteiger partial charge in [0.25, 0.3) is 0 Å². The molecule has 1 aliphatic rings. The normalized spacial score (nSPS) is 16.9. The summed E-state index contributed by atoms with van der Waals surface area (Å²) in [6.07, 6.45) is 7.28. The summed E-state index contributed by atoms with van der Waals surface area (Å²) in [5.41, 5.74) is 4.52. The monoisotopic (exact) mass is 232 g/mol. The van der Waals surface area contributed by atoms with Crippen LogP contribution >= 0.6 is 0 Å². The SMILES string of the molecule is C1CCc2n[nH]nc2CCCc2n[nH]nc2C1. The number of aromatic nitrogens is 6. The van der Waals surface area contributed by atoms with Gasteiger partial charge in [-0.25, -0.2) is 0 Å². The molecule has 0 atom stereocenters. The number of hydrogen-bond acceptors (Lipinski definition) is 4. The quantitative estimate of drug-likeness (QED) is 0.709. The molecular formula is C11H16N6. The van der Waals surface area contributed by atoms with Crippen LogP contribution in [-0.2, 0) is 25.7 Å². The highest BCUT2D eigenvalue weighted by Crippen LogP contribution is 2.15. The molecule has 6 nitrogen and oxygen atoms in total. The molecule has 3 rings (SSSR count). The summed E-state index contributed by atoms with van der Waals surface area (Å²) in [6.45, 7) is 0. The van der Waals surface area contributed by atoms with Crippen LogP contribution < -0.4 is 0 Å². The Bertz CT molecular complexity index is 441. The van der Waals surface area contributed by atoms with Gasteiger partial charge >= 0.3 is 0 Å². The summed E-state index contributed by atoms with van der Waals surface area (Å²) >= 11 is 0. The van der Waals surface area contributed by atoms with E-state index in [1.165, 1.54) is 0 Å². The Hall–Kier alpha value is -1.72. The fraction of sp³-hybridized carbons (Fsp3) is 0.636. The molecule has 0 saturated carbocycles. The lowest BCUT2D eigenvalue weighted by Gasteiger charge is -1.98. The Morgan fingerprint density at radius 2 is 0.882 bits per heavy atom. The largest absolute Gasteiger partial charge is 0.197 e. The zero-order valence-electron chi connectivity index (χ0n) is 9.74. The number of nitrogens with one attached hydrogen (secondary N) is 2. The highest BCUT2D eigenvalue weighted by atomic mass is 15.3. The van der Waals surface area contributed by atoms with Gasteiger partial charge in [-0.15, -0.1) is 0 Å². The van der Waals surface area contributed by atoms with E-state index in [1.54, 1.807) is 0 Å². The van der Waals surface area contributed by atoms with Crippen molar-refractivity contribution in [2.45, 2.75) is 44.9 Å². The highest BCUT2D eigenvalue weighted by Gasteiger charge is 2.12. The van der Waals surface area contributed by atoms with Gasteiger partial charge in [0.1, 0.15) is 0 Å². The zero-order valence-corrected chi connectivity index (χ0v) is 9.74. The van der Waals surface area contributed by atoms with Gasteiger partial charge in [-0.1, -0.05) is 0 Å². The fourth-order valence-corrected chi connectivity index (χ4v) is 2.36. The maximum atomic E-state index is 4.22. The number of aromatic amines is 2. The Kier molecular flexibility index (Phi) is 2.85. The number of rotatable bonds is 0. The molecule has 0 unspecified atom stereocenters. The molecule has 2 heterocycles. The van der Waals surface area contributed by atoms with Crippen LogP contribution in [0, 0.1) is 0 Å². The molecule has 0 spiro atoms. The van der Waals surface area contributed by atoms with Crippen molar-refractivity contribution in [1.82, 2.24) is 30.8 Å². The molecule has 0 amide bonds. The molecule has 90 valence electrons. The molecule has 1 aliphatic carbocycles. The summed E-state index contributed by atoms with van der Waals surface area (Å²) in [4.78, 5) is 0. The van der Waals surface area contributed by atoms with Crippen molar-refractivity contribution in [3.05, 3.63) is 22.8 Å². The third kappa shape index (κ3) is 2.20. The van der Waals surface area contributed by atoms with Crippen LogP contribution in [0.5, 0.6) is 0 Å². The smallest absolute Gasteiger partial charge is 0.0856 e. The van der Waals surface area contributed by atoms with Gasteiger partial charge in [-0.05, 0) is 44.9 Å². The summed E-state index contributed by atoms with van der Waals surface area (Å²) in [6, 6.07) is 0. The Balaban J connectivity index is 1.78. The van der Waals surface area contributed by atoms with Crippen LogP contribution in [-0.4, -0.2) is 30.8 Å². The summed E-state index contributed by atoms with van der Waals surface area (Å²) in [7, 11) is 0. The van der Waals surface area contributed by atoms with E-state index >= 15 is 0 Å². The number of hydrogen-bond donors (Lipinski definition) is 2. The molecule has 6 heteroatoms. The van der Waals surface area contributed by atoms with Gasteiger partial charge in [0, 0.05) is 0 Å². The molecule has 2 N–H and O–H groups in total. The molecule has 0 bridgehead atoms. The van der Waals surface area contributed by atoms with Gasteiger partial charge in [0.05, 0.1) is 22.8 Å². The van der Waals surface area contributed by atoms with Crippen LogP contribution in [0.1, 0.15) is 42.0 Å². The second-order valence-electron chi connectivity index (χ2n) is 4.49. The number of H-pyrrole nitrogens is 2. The maximum Gasteiger partial charge on any atom is 0.0856 e. The van der Waals surface area contributed by atoms with Crippen molar-refractivity contribution in [3.63, 3.8) is 0 Å². The van der Waals surface area contributed by atoms with Gasteiger partial charge in [-0.3, -0.25) is 0 Å². The Morgan fingerprint density at radius 3 is 1.29 bits per heavy atom. The van der Waals surface area contributed by atoms with E-state index in [-0.39, 0.29) is 0 Å². The van der Waals surface area contributed by atoms with E-state index in [4.69, 9.17) is 0 Å². The molecule has 0 radical (unpaired) electrons. The molecule has 0 aliphatic heterocycles. The minimum atomic E-state index is 0.970. The number of nitrogens with zero attached hydrogens (tertiary/aromatic N) is 4. The zero-order chi connectivity index (χ0) is 11.5. The van der Waals surface area contributed by atoms with Crippen LogP contribution in [0.25, 0.3) is 0 Å². The second kappa shape index (κ2) is 4.65. The van der Waals surface area contributed by atoms with Crippen molar-refractivity contribution in [2.24, 2.45) is 0 Å². The lowest BCUT2D eigenvalue weighted by molar-refractivity contribution is 0.704. The Labute approximate surface area is 99.2 Å². The summed E-state index contributed by atoms with van der Waals surface area (Å²) < 4.78 is 0. The lowest BCUT2D eigenvalue weighted by atomic mass is 10.1. The molecule has 0 fully saturated rings. The van der Waals surface area contributed by atoms with E-state index in [1.807, 2.05) is 0 Å². The number of aryl methyl sites for hydroxylation is 4. The molecule has 0 aromatic carbocycles. The van der Waals surface area contributed by atoms with Gasteiger partial charge in [0.2, 0.25) is 0 Å². The Morgan fingerprint density at radius 1 is 0.529 bits per heavy atom. The second-order valence-corrected chi connectivity index (χ2v) is 4.49. The topological polar surface area (TPSA) is 83.1 Å². The molecular weight excluding hydrogens is 216 g/mol. The van der Waals surface area contributed by atoms with Crippen LogP contribution in [0.15, 0.2) is 0 Å². The van der Waals surface area contributed by atoms with Crippen molar-refractivity contribution >= 4 is 0 Å². The molecule has 2 aromatic rings. The predicted molar refractivity (Wildman–Crippen MR) is 61.4 cm³/mol. The molecule has 0 saturated heterocycles. The van der Waals surface area contributed by atoms with Crippen molar-refractivity contribution < 1.29 is 0 Å². The highest BCUT2D eigenvalue weighted by molar-refractivity contribution is 5.12. The maximum absolute atomic E-state index is 4.22. The third-order valence-corrected chi connectivity index (χ3v) is 3.31. The minimum absolute atomic E-state index is 0.970. The van der Waals surface area contributed by atoms with Crippen molar-refractivity contribution in [2.75, 3.05) is 0 Å². The van der Waals surface area contributed by atoms with Crippen molar-refractivity contribution in [1.29, 1.82) is 0 Å². The minimum Gasteiger partial charge on any atom is -0.197 e. The third-order valence-electron chi connectivity index (χ3n) is 3.31. The standard InChI is InChI=1S/C11H16N6/c1-2-5-9-11(15-17-13-9)7-3-6-10-8(4-1)12-16-14-10/h1-7H2,(H,12,14,16)(H,13,15,17). The average Bonchev–Trinajstić information content (AvgIpc) is 2.94. The van der Waals surface area contributed by atoms with Crippen LogP contribution in [0.2, 0.25) is 0 Å². The van der Waals surface area contributed by atoms with Crippen LogP contribution in [0.4, 0.5) is 0 Å². The van der Waals surface area contributed by atoms with E-state index in [2.05, 4.69) is 30.8 Å². The molecule has 17 heavy (non-hydrogen) atoms. The summed E-state index contributed by atoms with van der Waals surface area (Å²) in [5.74, 6) is 0. The van der Waals surface area contributed by atoms with Gasteiger partial charge in [-0.2, -0.15) is 30.8 Å².